The van der Waals surface area contributed by atoms with Crippen molar-refractivity contribution < 1.29 is 0 Å². The van der Waals surface area contributed by atoms with E-state index in [4.69, 9.17) is 11.6 Å². The summed E-state index contributed by atoms with van der Waals surface area (Å²) in [7, 11) is 0. The number of hydrogen-bond donors (Lipinski definition) is 1. The fraction of sp³-hybridized carbons (Fsp3) is 0.562. The largest absolute Gasteiger partial charge is 0.361 e. The van der Waals surface area contributed by atoms with Gasteiger partial charge in [-0.15, -0.1) is 0 Å². The van der Waals surface area contributed by atoms with Crippen LogP contribution in [0.3, 0.4) is 0 Å². The van der Waals surface area contributed by atoms with Gasteiger partial charge in [0, 0.05) is 11.6 Å². The van der Waals surface area contributed by atoms with Gasteiger partial charge in [0.25, 0.3) is 0 Å². The Morgan fingerprint density at radius 2 is 2.00 bits per heavy atom. The van der Waals surface area contributed by atoms with Gasteiger partial charge in [0.1, 0.15) is 0 Å². The summed E-state index contributed by atoms with van der Waals surface area (Å²) in [5.74, 6) is 1.78. The van der Waals surface area contributed by atoms with Crippen LogP contribution in [-0.4, -0.2) is 11.5 Å². The molecule has 1 fully saturated rings. The quantitative estimate of drug-likeness (QED) is 0.797. The van der Waals surface area contributed by atoms with E-state index in [-0.39, 0.29) is 0 Å². The van der Waals surface area contributed by atoms with Crippen molar-refractivity contribution in [3.8, 4) is 0 Å². The molecule has 0 spiro atoms. The van der Waals surface area contributed by atoms with Gasteiger partial charge in [-0.25, -0.2) is 4.98 Å². The molecular formula is C16H21ClN2S. The van der Waals surface area contributed by atoms with Gasteiger partial charge in [-0.2, -0.15) is 0 Å². The number of anilines is 1. The van der Waals surface area contributed by atoms with E-state index in [1.165, 1.54) is 36.8 Å². The molecule has 0 amide bonds. The van der Waals surface area contributed by atoms with Gasteiger partial charge in [-0.1, -0.05) is 49.1 Å². The van der Waals surface area contributed by atoms with Crippen LogP contribution < -0.4 is 5.32 Å². The van der Waals surface area contributed by atoms with Crippen LogP contribution in [0.1, 0.15) is 39.0 Å². The number of fused-ring (bicyclic) bond motifs is 1. The number of thiazole rings is 1. The van der Waals surface area contributed by atoms with Gasteiger partial charge in [-0.3, -0.25) is 0 Å². The first-order valence-corrected chi connectivity index (χ1v) is 8.74. The standard InChI is InChI=1S/C16H21ClN2S/c1-2-11-3-5-12(6-4-11)10-18-16-19-14-9-13(17)7-8-15(14)20-16/h7-9,11-12H,2-6,10H2,1H3,(H,18,19). The van der Waals surface area contributed by atoms with E-state index in [1.54, 1.807) is 11.3 Å². The molecule has 0 bridgehead atoms. The molecule has 0 radical (unpaired) electrons. The van der Waals surface area contributed by atoms with E-state index in [0.717, 1.165) is 34.1 Å². The topological polar surface area (TPSA) is 24.9 Å². The van der Waals surface area contributed by atoms with E-state index < -0.39 is 0 Å². The van der Waals surface area contributed by atoms with Crippen LogP contribution in [0, 0.1) is 11.8 Å². The van der Waals surface area contributed by atoms with Crippen molar-refractivity contribution in [3.05, 3.63) is 23.2 Å². The van der Waals surface area contributed by atoms with Gasteiger partial charge in [0.2, 0.25) is 0 Å². The Bertz CT molecular complexity index is 573. The lowest BCUT2D eigenvalue weighted by atomic mass is 9.81. The Hall–Kier alpha value is -0.800. The van der Waals surface area contributed by atoms with Crippen LogP contribution in [0.25, 0.3) is 10.2 Å². The van der Waals surface area contributed by atoms with Crippen LogP contribution in [0.4, 0.5) is 5.13 Å². The minimum atomic E-state index is 0.757. The first-order chi connectivity index (χ1) is 9.74. The molecule has 1 aromatic heterocycles. The summed E-state index contributed by atoms with van der Waals surface area (Å²) in [4.78, 5) is 4.61. The SMILES string of the molecule is CCC1CCC(CNc2nc3cc(Cl)ccc3s2)CC1. The highest BCUT2D eigenvalue weighted by Crippen LogP contribution is 2.32. The molecule has 3 rings (SSSR count). The number of hydrogen-bond acceptors (Lipinski definition) is 3. The third-order valence-electron chi connectivity index (χ3n) is 4.44. The van der Waals surface area contributed by atoms with Crippen LogP contribution in [-0.2, 0) is 0 Å². The average Bonchev–Trinajstić information content (AvgIpc) is 2.87. The number of benzene rings is 1. The van der Waals surface area contributed by atoms with Crippen LogP contribution in [0.15, 0.2) is 18.2 Å². The number of nitrogens with one attached hydrogen (secondary N) is 1. The molecule has 108 valence electrons. The van der Waals surface area contributed by atoms with Crippen molar-refractivity contribution >= 4 is 38.3 Å². The van der Waals surface area contributed by atoms with Crippen LogP contribution >= 0.6 is 22.9 Å². The minimum Gasteiger partial charge on any atom is -0.361 e. The number of halogens is 1. The third kappa shape index (κ3) is 3.26. The molecule has 20 heavy (non-hydrogen) atoms. The average molecular weight is 309 g/mol. The summed E-state index contributed by atoms with van der Waals surface area (Å²) in [6, 6.07) is 5.91. The zero-order valence-electron chi connectivity index (χ0n) is 11.9. The Labute approximate surface area is 129 Å². The summed E-state index contributed by atoms with van der Waals surface area (Å²) >= 11 is 7.72. The molecule has 1 heterocycles. The van der Waals surface area contributed by atoms with E-state index >= 15 is 0 Å². The molecule has 0 unspecified atom stereocenters. The van der Waals surface area contributed by atoms with Crippen molar-refractivity contribution in [1.29, 1.82) is 0 Å². The summed E-state index contributed by atoms with van der Waals surface area (Å²) in [6.07, 6.45) is 6.87. The van der Waals surface area contributed by atoms with Gasteiger partial charge in [0.05, 0.1) is 10.2 Å². The molecule has 4 heteroatoms. The van der Waals surface area contributed by atoms with Crippen molar-refractivity contribution in [2.45, 2.75) is 39.0 Å². The van der Waals surface area contributed by atoms with Crippen molar-refractivity contribution in [2.75, 3.05) is 11.9 Å². The lowest BCUT2D eigenvalue weighted by Crippen LogP contribution is -2.20. The Morgan fingerprint density at radius 1 is 1.25 bits per heavy atom. The zero-order chi connectivity index (χ0) is 13.9. The highest BCUT2D eigenvalue weighted by atomic mass is 35.5. The monoisotopic (exact) mass is 308 g/mol. The van der Waals surface area contributed by atoms with E-state index in [1.807, 2.05) is 18.2 Å². The highest BCUT2D eigenvalue weighted by Gasteiger charge is 2.19. The number of aromatic nitrogens is 1. The van der Waals surface area contributed by atoms with Crippen molar-refractivity contribution in [1.82, 2.24) is 4.98 Å². The number of nitrogens with zero attached hydrogens (tertiary/aromatic N) is 1. The maximum Gasteiger partial charge on any atom is 0.183 e. The molecule has 0 atom stereocenters. The second-order valence-corrected chi connectivity index (χ2v) is 7.27. The molecule has 1 saturated carbocycles. The Balaban J connectivity index is 1.57. The Morgan fingerprint density at radius 3 is 2.75 bits per heavy atom. The van der Waals surface area contributed by atoms with E-state index in [2.05, 4.69) is 17.2 Å². The smallest absolute Gasteiger partial charge is 0.183 e. The lowest BCUT2D eigenvalue weighted by molar-refractivity contribution is 0.278. The molecule has 1 aromatic carbocycles. The lowest BCUT2D eigenvalue weighted by Gasteiger charge is -2.27. The van der Waals surface area contributed by atoms with Crippen LogP contribution in [0.2, 0.25) is 5.02 Å². The van der Waals surface area contributed by atoms with E-state index in [0.29, 0.717) is 0 Å². The predicted molar refractivity (Wildman–Crippen MR) is 88.9 cm³/mol. The first-order valence-electron chi connectivity index (χ1n) is 7.54. The summed E-state index contributed by atoms with van der Waals surface area (Å²) in [6.45, 7) is 3.37. The normalized spacial score (nSPS) is 23.1. The fourth-order valence-corrected chi connectivity index (χ4v) is 4.07. The molecule has 0 saturated heterocycles. The molecule has 0 aliphatic heterocycles. The van der Waals surface area contributed by atoms with Crippen molar-refractivity contribution in [2.24, 2.45) is 11.8 Å². The molecule has 2 aromatic rings. The second kappa shape index (κ2) is 6.31. The first kappa shape index (κ1) is 14.2. The van der Waals surface area contributed by atoms with Gasteiger partial charge < -0.3 is 5.32 Å². The molecule has 1 N–H and O–H groups in total. The minimum absolute atomic E-state index is 0.757. The highest BCUT2D eigenvalue weighted by molar-refractivity contribution is 7.22. The summed E-state index contributed by atoms with van der Waals surface area (Å²) in [5.41, 5.74) is 1.000. The van der Waals surface area contributed by atoms with Gasteiger partial charge >= 0.3 is 0 Å². The molecule has 1 aliphatic carbocycles. The molecule has 2 nitrogen and oxygen atoms in total. The Kier molecular flexibility index (Phi) is 4.47. The third-order valence-corrected chi connectivity index (χ3v) is 5.66. The summed E-state index contributed by atoms with van der Waals surface area (Å²) < 4.78 is 1.20. The maximum absolute atomic E-state index is 6.00. The maximum atomic E-state index is 6.00. The van der Waals surface area contributed by atoms with Gasteiger partial charge in [0.15, 0.2) is 5.13 Å². The molecular weight excluding hydrogens is 288 g/mol. The number of rotatable bonds is 4. The van der Waals surface area contributed by atoms with Gasteiger partial charge in [-0.05, 0) is 42.9 Å². The van der Waals surface area contributed by atoms with E-state index in [9.17, 15) is 0 Å². The van der Waals surface area contributed by atoms with Crippen LogP contribution in [0.5, 0.6) is 0 Å². The fourth-order valence-electron chi connectivity index (χ4n) is 3.05. The second-order valence-electron chi connectivity index (χ2n) is 5.81. The van der Waals surface area contributed by atoms with Crippen molar-refractivity contribution in [3.63, 3.8) is 0 Å². The predicted octanol–water partition coefficient (Wildman–Crippen LogP) is 5.58. The zero-order valence-corrected chi connectivity index (χ0v) is 13.4. The summed E-state index contributed by atoms with van der Waals surface area (Å²) in [5, 5.41) is 5.30. The molecule has 1 aliphatic rings.